The van der Waals surface area contributed by atoms with Crippen LogP contribution in [0.2, 0.25) is 0 Å². The third kappa shape index (κ3) is 3.67. The van der Waals surface area contributed by atoms with E-state index in [-0.39, 0.29) is 10.9 Å². The van der Waals surface area contributed by atoms with Crippen LogP contribution < -0.4 is 10.1 Å². The van der Waals surface area contributed by atoms with Gasteiger partial charge in [0.05, 0.1) is 6.21 Å². The molecule has 0 radical (unpaired) electrons. The summed E-state index contributed by atoms with van der Waals surface area (Å²) >= 11 is 0. The van der Waals surface area contributed by atoms with E-state index in [4.69, 9.17) is 0 Å². The number of aromatic nitrogens is 1. The molecule has 1 aromatic heterocycles. The molecule has 1 aromatic rings. The number of fused-ring (bicyclic) bond motifs is 1. The smallest absolute Gasteiger partial charge is 0.242 e. The minimum atomic E-state index is -3.50. The van der Waals surface area contributed by atoms with Crippen LogP contribution in [0.5, 0.6) is 0 Å². The largest absolute Gasteiger partial charge is 0.261 e. The number of hydrogen-bond donors (Lipinski definition) is 2. The van der Waals surface area contributed by atoms with Crippen molar-refractivity contribution in [2.24, 2.45) is 22.4 Å². The third-order valence-corrected chi connectivity index (χ3v) is 8.13. The van der Waals surface area contributed by atoms with E-state index < -0.39 is 10.0 Å². The fraction of sp³-hybridized carbons (Fsp3) is 0.600. The number of pyridine rings is 1. The summed E-state index contributed by atoms with van der Waals surface area (Å²) in [6.07, 6.45) is 11.9. The van der Waals surface area contributed by atoms with Crippen LogP contribution >= 0.6 is 0 Å². The fourth-order valence-electron chi connectivity index (χ4n) is 4.65. The molecule has 4 aliphatic carbocycles. The molecule has 2 N–H and O–H groups in total. The van der Waals surface area contributed by atoms with Crippen LogP contribution in [0, 0.1) is 17.3 Å². The molecule has 2 atom stereocenters. The van der Waals surface area contributed by atoms with E-state index in [1.54, 1.807) is 12.1 Å². The molecule has 4 aliphatic rings. The molecule has 146 valence electrons. The van der Waals surface area contributed by atoms with Gasteiger partial charge in [-0.1, -0.05) is 32.8 Å². The summed E-state index contributed by atoms with van der Waals surface area (Å²) in [5.41, 5.74) is 4.57. The second-order valence-electron chi connectivity index (χ2n) is 8.60. The average molecular weight is 389 g/mol. The molecule has 5 rings (SSSR count). The van der Waals surface area contributed by atoms with Crippen LogP contribution in [0.1, 0.15) is 52.4 Å². The maximum absolute atomic E-state index is 12.4. The number of hydrazone groups is 1. The standard InChI is InChI=1S/C20H28N4O2S/c1-20(2)15-8-7-14(18(20)11-15)12-22-23-19-10-9-17(13-21-19)27(25,26)24-16-5-3-4-6-16/h7,9-10,12-13,15-16,18,24H,3-6,8,11H2,1-2H3,(H,21,23). The lowest BCUT2D eigenvalue weighted by molar-refractivity contribution is -0.00124. The zero-order chi connectivity index (χ0) is 19.1. The maximum Gasteiger partial charge on any atom is 0.242 e. The van der Waals surface area contributed by atoms with Crippen molar-refractivity contribution in [3.63, 3.8) is 0 Å². The Balaban J connectivity index is 1.36. The van der Waals surface area contributed by atoms with E-state index in [9.17, 15) is 8.42 Å². The monoisotopic (exact) mass is 388 g/mol. The topological polar surface area (TPSA) is 83.5 Å². The van der Waals surface area contributed by atoms with Crippen LogP contribution in [0.4, 0.5) is 5.82 Å². The van der Waals surface area contributed by atoms with Gasteiger partial charge in [0.25, 0.3) is 0 Å². The summed E-state index contributed by atoms with van der Waals surface area (Å²) in [6, 6.07) is 3.28. The number of anilines is 1. The van der Waals surface area contributed by atoms with Crippen LogP contribution in [-0.2, 0) is 10.0 Å². The summed E-state index contributed by atoms with van der Waals surface area (Å²) < 4.78 is 27.6. The quantitative estimate of drug-likeness (QED) is 0.575. The Labute approximate surface area is 161 Å². The van der Waals surface area contributed by atoms with Gasteiger partial charge in [-0.3, -0.25) is 5.43 Å². The van der Waals surface area contributed by atoms with Crippen molar-refractivity contribution < 1.29 is 8.42 Å². The van der Waals surface area contributed by atoms with Crippen molar-refractivity contribution in [2.75, 3.05) is 5.43 Å². The normalized spacial score (nSPS) is 27.4. The van der Waals surface area contributed by atoms with Crippen molar-refractivity contribution in [2.45, 2.75) is 63.3 Å². The first-order chi connectivity index (χ1) is 12.9. The zero-order valence-electron chi connectivity index (χ0n) is 16.0. The molecular weight excluding hydrogens is 360 g/mol. The van der Waals surface area contributed by atoms with Gasteiger partial charge in [0.1, 0.15) is 10.7 Å². The molecule has 0 aromatic carbocycles. The molecule has 2 saturated carbocycles. The second kappa shape index (κ2) is 7.02. The second-order valence-corrected chi connectivity index (χ2v) is 10.3. The van der Waals surface area contributed by atoms with E-state index in [1.165, 1.54) is 18.2 Å². The van der Waals surface area contributed by atoms with Gasteiger partial charge in [-0.15, -0.1) is 0 Å². The Bertz CT molecular complexity index is 852. The number of nitrogens with zero attached hydrogens (tertiary/aromatic N) is 2. The third-order valence-electron chi connectivity index (χ3n) is 6.63. The number of rotatable bonds is 6. The first-order valence-electron chi connectivity index (χ1n) is 9.84. The highest BCUT2D eigenvalue weighted by Gasteiger charge is 2.50. The predicted octanol–water partition coefficient (Wildman–Crippen LogP) is 3.69. The van der Waals surface area contributed by atoms with E-state index in [0.717, 1.165) is 38.0 Å². The van der Waals surface area contributed by atoms with Gasteiger partial charge in [-0.05, 0) is 60.6 Å². The number of hydrogen-bond acceptors (Lipinski definition) is 5. The molecule has 0 amide bonds. The van der Waals surface area contributed by atoms with E-state index in [1.807, 2.05) is 6.21 Å². The van der Waals surface area contributed by atoms with Crippen molar-refractivity contribution in [3.8, 4) is 0 Å². The maximum atomic E-state index is 12.4. The summed E-state index contributed by atoms with van der Waals surface area (Å²) in [5.74, 6) is 1.93. The Morgan fingerprint density at radius 3 is 2.67 bits per heavy atom. The predicted molar refractivity (Wildman–Crippen MR) is 107 cm³/mol. The molecule has 7 heteroatoms. The molecule has 0 spiro atoms. The SMILES string of the molecule is CC1(C)C2CC=C(C=NNc3ccc(S(=O)(=O)NC4CCCC4)cn3)C1C2. The highest BCUT2D eigenvalue weighted by Crippen LogP contribution is 2.58. The molecular formula is C20H28N4O2S. The molecule has 0 saturated heterocycles. The molecule has 27 heavy (non-hydrogen) atoms. The first-order valence-corrected chi connectivity index (χ1v) is 11.3. The van der Waals surface area contributed by atoms with Gasteiger partial charge in [0.2, 0.25) is 10.0 Å². The Hall–Kier alpha value is -1.73. The summed E-state index contributed by atoms with van der Waals surface area (Å²) in [7, 11) is -3.50. The summed E-state index contributed by atoms with van der Waals surface area (Å²) in [6.45, 7) is 4.67. The van der Waals surface area contributed by atoms with Crippen molar-refractivity contribution in [1.29, 1.82) is 0 Å². The van der Waals surface area contributed by atoms with Crippen LogP contribution in [-0.4, -0.2) is 25.7 Å². The lowest BCUT2D eigenvalue weighted by atomic mass is 9.49. The number of nitrogens with one attached hydrogen (secondary N) is 2. The fourth-order valence-corrected chi connectivity index (χ4v) is 5.90. The minimum Gasteiger partial charge on any atom is -0.261 e. The van der Waals surface area contributed by atoms with Gasteiger partial charge >= 0.3 is 0 Å². The van der Waals surface area contributed by atoms with E-state index >= 15 is 0 Å². The average Bonchev–Trinajstić information content (AvgIpc) is 3.14. The molecule has 2 bridgehead atoms. The van der Waals surface area contributed by atoms with E-state index in [0.29, 0.717) is 17.2 Å². The highest BCUT2D eigenvalue weighted by molar-refractivity contribution is 7.89. The Morgan fingerprint density at radius 1 is 1.26 bits per heavy atom. The molecule has 1 heterocycles. The van der Waals surface area contributed by atoms with Crippen molar-refractivity contribution >= 4 is 22.1 Å². The Kier molecular flexibility index (Phi) is 4.84. The van der Waals surface area contributed by atoms with Gasteiger partial charge in [0.15, 0.2) is 0 Å². The zero-order valence-corrected chi connectivity index (χ0v) is 16.8. The van der Waals surface area contributed by atoms with Gasteiger partial charge in [0, 0.05) is 12.2 Å². The van der Waals surface area contributed by atoms with Crippen molar-refractivity contribution in [1.82, 2.24) is 9.71 Å². The highest BCUT2D eigenvalue weighted by atomic mass is 32.2. The lowest BCUT2D eigenvalue weighted by Crippen LogP contribution is -2.48. The minimum absolute atomic E-state index is 0.0523. The first kappa shape index (κ1) is 18.6. The van der Waals surface area contributed by atoms with Gasteiger partial charge in [-0.25, -0.2) is 18.1 Å². The van der Waals surface area contributed by atoms with Gasteiger partial charge in [-0.2, -0.15) is 5.10 Å². The Morgan fingerprint density at radius 2 is 2.04 bits per heavy atom. The summed E-state index contributed by atoms with van der Waals surface area (Å²) in [5, 5.41) is 4.31. The van der Waals surface area contributed by atoms with Crippen LogP contribution in [0.15, 0.2) is 40.0 Å². The number of allylic oxidation sites excluding steroid dienone is 2. The van der Waals surface area contributed by atoms with Gasteiger partial charge < -0.3 is 0 Å². The lowest BCUT2D eigenvalue weighted by Gasteiger charge is -2.55. The van der Waals surface area contributed by atoms with E-state index in [2.05, 4.69) is 40.2 Å². The molecule has 0 aliphatic heterocycles. The molecule has 2 fully saturated rings. The summed E-state index contributed by atoms with van der Waals surface area (Å²) in [4.78, 5) is 4.39. The van der Waals surface area contributed by atoms with Crippen LogP contribution in [0.3, 0.4) is 0 Å². The molecule has 2 unspecified atom stereocenters. The van der Waals surface area contributed by atoms with Crippen molar-refractivity contribution in [3.05, 3.63) is 30.0 Å². The number of sulfonamides is 1. The molecule has 6 nitrogen and oxygen atoms in total. The van der Waals surface area contributed by atoms with Crippen LogP contribution in [0.25, 0.3) is 0 Å².